The van der Waals surface area contributed by atoms with Crippen molar-refractivity contribution in [3.63, 3.8) is 0 Å². The Labute approximate surface area is 249 Å². The number of amides is 3. The van der Waals surface area contributed by atoms with E-state index in [1.165, 1.54) is 6.92 Å². The van der Waals surface area contributed by atoms with Gasteiger partial charge in [-0.1, -0.05) is 36.4 Å². The molecule has 0 aromatic heterocycles. The lowest BCUT2D eigenvalue weighted by Gasteiger charge is -2.36. The Balaban J connectivity index is 1.46. The highest BCUT2D eigenvalue weighted by molar-refractivity contribution is 7.99. The highest BCUT2D eigenvalue weighted by Crippen LogP contribution is 2.40. The van der Waals surface area contributed by atoms with E-state index >= 15 is 0 Å². The molecule has 3 atom stereocenters. The lowest BCUT2D eigenvalue weighted by molar-refractivity contribution is -0.245. The first kappa shape index (κ1) is 31.0. The first-order valence-electron chi connectivity index (χ1n) is 13.6. The monoisotopic (exact) mass is 593 g/mol. The zero-order chi connectivity index (χ0) is 29.9. The molecule has 0 spiro atoms. The highest BCUT2D eigenvalue weighted by atomic mass is 32.2. The number of hydrogen-bond acceptors (Lipinski definition) is 8. The average molecular weight is 594 g/mol. The van der Waals surface area contributed by atoms with Crippen LogP contribution in [0.1, 0.15) is 49.4 Å². The fourth-order valence-corrected chi connectivity index (χ4v) is 5.27. The lowest BCUT2D eigenvalue weighted by Crippen LogP contribution is -2.34. The number of benzene rings is 3. The van der Waals surface area contributed by atoms with Crippen LogP contribution in [0.4, 0.5) is 16.2 Å². The number of aliphatic hydroxyl groups excluding tert-OH is 1. The van der Waals surface area contributed by atoms with Crippen molar-refractivity contribution in [2.75, 3.05) is 29.5 Å². The summed E-state index contributed by atoms with van der Waals surface area (Å²) in [6, 6.07) is 21.9. The van der Waals surface area contributed by atoms with Crippen LogP contribution >= 0.6 is 11.8 Å². The number of nitrogens with one attached hydrogen (secondary N) is 3. The fourth-order valence-electron chi connectivity index (χ4n) is 4.35. The molecule has 0 aliphatic carbocycles. The van der Waals surface area contributed by atoms with Crippen molar-refractivity contribution in [2.24, 2.45) is 0 Å². The molecule has 222 valence electrons. The summed E-state index contributed by atoms with van der Waals surface area (Å²) in [6.07, 6.45) is -0.483. The van der Waals surface area contributed by atoms with Crippen molar-refractivity contribution in [2.45, 2.75) is 50.3 Å². The first-order valence-corrected chi connectivity index (χ1v) is 14.6. The van der Waals surface area contributed by atoms with Gasteiger partial charge in [0, 0.05) is 40.9 Å². The number of anilines is 2. The second kappa shape index (κ2) is 15.4. The number of thioether (sulfide) groups is 1. The van der Waals surface area contributed by atoms with E-state index in [9.17, 15) is 19.5 Å². The molecule has 11 heteroatoms. The summed E-state index contributed by atoms with van der Waals surface area (Å²) in [5.41, 5.74) is 3.77. The number of carbonyl (C=O) groups is 3. The highest BCUT2D eigenvalue weighted by Gasteiger charge is 2.32. The molecule has 1 fully saturated rings. The molecular formula is C31H35N3O7S. The molecule has 10 nitrogen and oxygen atoms in total. The predicted octanol–water partition coefficient (Wildman–Crippen LogP) is 5.16. The number of esters is 1. The molecule has 1 heterocycles. The number of urea groups is 1. The van der Waals surface area contributed by atoms with Crippen LogP contribution in [0, 0.1) is 0 Å². The normalized spacial score (nSPS) is 18.1. The number of aliphatic hydroxyl groups is 1. The predicted molar refractivity (Wildman–Crippen MR) is 160 cm³/mol. The molecular weight excluding hydrogens is 558 g/mol. The third-order valence-corrected chi connectivity index (χ3v) is 7.48. The van der Waals surface area contributed by atoms with Crippen LogP contribution in [0.5, 0.6) is 0 Å². The molecule has 1 aliphatic heterocycles. The second-order valence-corrected chi connectivity index (χ2v) is 10.7. The smallest absolute Gasteiger partial charge is 0.325 e. The molecule has 1 aliphatic rings. The number of hydrogen-bond donors (Lipinski definition) is 4. The summed E-state index contributed by atoms with van der Waals surface area (Å²) >= 11 is 1.65. The van der Waals surface area contributed by atoms with Gasteiger partial charge in [-0.05, 0) is 54.4 Å². The quantitative estimate of drug-likeness (QED) is 0.177. The van der Waals surface area contributed by atoms with Crippen molar-refractivity contribution >= 4 is 41.0 Å². The molecule has 0 saturated carbocycles. The number of rotatable bonds is 11. The van der Waals surface area contributed by atoms with Gasteiger partial charge in [0.15, 0.2) is 6.29 Å². The van der Waals surface area contributed by atoms with E-state index in [4.69, 9.17) is 14.2 Å². The van der Waals surface area contributed by atoms with E-state index in [0.717, 1.165) is 27.3 Å². The maximum Gasteiger partial charge on any atom is 0.325 e. The van der Waals surface area contributed by atoms with Gasteiger partial charge in [-0.3, -0.25) is 9.59 Å². The minimum absolute atomic E-state index is 0.0370. The van der Waals surface area contributed by atoms with Gasteiger partial charge in [0.25, 0.3) is 0 Å². The largest absolute Gasteiger partial charge is 0.465 e. The standard InChI is InChI=1S/C31H35N3O7S/c1-3-39-29(37)17-32-31(38)34-25-6-4-5-23(15-25)30-40-26(16-28(41-30)22-9-7-21(18-35)8-10-22)19-42-27-13-11-24(12-14-27)33-20(2)36/h4-15,26,28,30,35H,3,16-19H2,1-2H3,(H,33,36)(H2,32,34,38)/t26-,28+,30+/m1/s1. The fraction of sp³-hybridized carbons (Fsp3) is 0.323. The number of carbonyl (C=O) groups excluding carboxylic acids is 3. The zero-order valence-corrected chi connectivity index (χ0v) is 24.3. The average Bonchev–Trinajstić information content (AvgIpc) is 2.99. The van der Waals surface area contributed by atoms with Gasteiger partial charge in [-0.15, -0.1) is 11.8 Å². The van der Waals surface area contributed by atoms with Gasteiger partial charge in [0.05, 0.1) is 25.4 Å². The van der Waals surface area contributed by atoms with E-state index in [1.54, 1.807) is 36.9 Å². The van der Waals surface area contributed by atoms with Crippen molar-refractivity contribution in [3.05, 3.63) is 89.5 Å². The maximum absolute atomic E-state index is 12.3. The van der Waals surface area contributed by atoms with Crippen LogP contribution in [-0.4, -0.2) is 48.0 Å². The third-order valence-electron chi connectivity index (χ3n) is 6.34. The van der Waals surface area contributed by atoms with Gasteiger partial charge in [0.1, 0.15) is 6.54 Å². The van der Waals surface area contributed by atoms with Crippen molar-refractivity contribution in [1.29, 1.82) is 0 Å². The van der Waals surface area contributed by atoms with Crippen molar-refractivity contribution in [3.8, 4) is 0 Å². The maximum atomic E-state index is 12.3. The van der Waals surface area contributed by atoms with Gasteiger partial charge < -0.3 is 35.3 Å². The molecule has 0 unspecified atom stereocenters. The Hall–Kier alpha value is -3.90. The SMILES string of the molecule is CCOC(=O)CNC(=O)Nc1cccc([C@H]2O[C@@H](CSc3ccc(NC(C)=O)cc3)C[C@@H](c3ccc(CO)cc3)O2)c1. The molecule has 1 saturated heterocycles. The molecule has 0 bridgehead atoms. The zero-order valence-electron chi connectivity index (χ0n) is 23.5. The lowest BCUT2D eigenvalue weighted by atomic mass is 10.0. The molecule has 3 amide bonds. The Bertz CT molecular complexity index is 1350. The van der Waals surface area contributed by atoms with E-state index < -0.39 is 18.3 Å². The van der Waals surface area contributed by atoms with Crippen LogP contribution < -0.4 is 16.0 Å². The van der Waals surface area contributed by atoms with Crippen LogP contribution in [-0.2, 0) is 30.4 Å². The summed E-state index contributed by atoms with van der Waals surface area (Å²) in [5, 5.41) is 17.4. The van der Waals surface area contributed by atoms with Crippen LogP contribution in [0.3, 0.4) is 0 Å². The Kier molecular flexibility index (Phi) is 11.4. The summed E-state index contributed by atoms with van der Waals surface area (Å²) in [5.74, 6) is 0.0291. The van der Waals surface area contributed by atoms with Crippen LogP contribution in [0.2, 0.25) is 0 Å². The summed E-state index contributed by atoms with van der Waals surface area (Å²) < 4.78 is 17.6. The summed E-state index contributed by atoms with van der Waals surface area (Å²) in [6.45, 7) is 3.14. The molecule has 4 rings (SSSR count). The Morgan fingerprint density at radius 2 is 1.71 bits per heavy atom. The van der Waals surface area contributed by atoms with E-state index in [2.05, 4.69) is 16.0 Å². The topological polar surface area (TPSA) is 135 Å². The molecule has 3 aromatic carbocycles. The van der Waals surface area contributed by atoms with E-state index in [1.807, 2.05) is 54.6 Å². The van der Waals surface area contributed by atoms with Crippen molar-refractivity contribution < 1.29 is 33.7 Å². The second-order valence-electron chi connectivity index (χ2n) is 9.60. The molecule has 0 radical (unpaired) electrons. The minimum atomic E-state index is -0.696. The van der Waals surface area contributed by atoms with Crippen LogP contribution in [0.15, 0.2) is 77.7 Å². The van der Waals surface area contributed by atoms with Gasteiger partial charge in [0.2, 0.25) is 5.91 Å². The molecule has 4 N–H and O–H groups in total. The van der Waals surface area contributed by atoms with Gasteiger partial charge in [-0.2, -0.15) is 0 Å². The van der Waals surface area contributed by atoms with Gasteiger partial charge >= 0.3 is 12.0 Å². The Morgan fingerprint density at radius 1 is 0.952 bits per heavy atom. The molecule has 42 heavy (non-hydrogen) atoms. The third kappa shape index (κ3) is 9.31. The number of ether oxygens (including phenoxy) is 3. The van der Waals surface area contributed by atoms with E-state index in [0.29, 0.717) is 17.9 Å². The minimum Gasteiger partial charge on any atom is -0.465 e. The van der Waals surface area contributed by atoms with Crippen molar-refractivity contribution in [1.82, 2.24) is 5.32 Å². The van der Waals surface area contributed by atoms with Crippen LogP contribution in [0.25, 0.3) is 0 Å². The summed E-state index contributed by atoms with van der Waals surface area (Å²) in [7, 11) is 0. The molecule has 3 aromatic rings. The van der Waals surface area contributed by atoms with Gasteiger partial charge in [-0.25, -0.2) is 4.79 Å². The Morgan fingerprint density at radius 3 is 2.40 bits per heavy atom. The first-order chi connectivity index (χ1) is 20.3. The van der Waals surface area contributed by atoms with E-state index in [-0.39, 0.29) is 37.9 Å². The summed E-state index contributed by atoms with van der Waals surface area (Å²) in [4.78, 5) is 36.2.